The number of hydrogen-bond acceptors (Lipinski definition) is 6. The number of aryl methyl sites for hydroxylation is 1. The maximum absolute atomic E-state index is 13.0. The van der Waals surface area contributed by atoms with Gasteiger partial charge in [0.1, 0.15) is 5.82 Å². The molecule has 1 unspecified atom stereocenters. The van der Waals surface area contributed by atoms with Gasteiger partial charge in [-0.05, 0) is 70.8 Å². The Labute approximate surface area is 185 Å². The zero-order valence-corrected chi connectivity index (χ0v) is 18.6. The van der Waals surface area contributed by atoms with Crippen LogP contribution in [0.3, 0.4) is 0 Å². The highest BCUT2D eigenvalue weighted by molar-refractivity contribution is 5.77. The maximum Gasteiger partial charge on any atom is 0.223 e. The number of carbonyl (C=O) groups is 1. The second-order valence-electron chi connectivity index (χ2n) is 8.74. The van der Waals surface area contributed by atoms with Crippen LogP contribution in [0.15, 0.2) is 30.7 Å². The van der Waals surface area contributed by atoms with Gasteiger partial charge in [0.05, 0.1) is 17.9 Å². The second-order valence-corrected chi connectivity index (χ2v) is 8.74. The fraction of sp³-hybridized carbons (Fsp3) is 0.583. The minimum absolute atomic E-state index is 0.0630. The van der Waals surface area contributed by atoms with Crippen molar-refractivity contribution in [3.8, 4) is 0 Å². The number of carbonyl (C=O) groups excluding carboxylic acids is 1. The molecule has 2 aliphatic rings. The van der Waals surface area contributed by atoms with Crippen molar-refractivity contribution in [1.82, 2.24) is 24.8 Å². The van der Waals surface area contributed by atoms with E-state index >= 15 is 0 Å². The molecule has 2 aromatic rings. The van der Waals surface area contributed by atoms with Crippen LogP contribution >= 0.6 is 0 Å². The monoisotopic (exact) mass is 422 g/mol. The molecule has 31 heavy (non-hydrogen) atoms. The van der Waals surface area contributed by atoms with Crippen LogP contribution in [0.2, 0.25) is 0 Å². The third-order valence-electron chi connectivity index (χ3n) is 6.29. The van der Waals surface area contributed by atoms with Gasteiger partial charge in [-0.1, -0.05) is 12.8 Å². The highest BCUT2D eigenvalue weighted by Crippen LogP contribution is 2.33. The summed E-state index contributed by atoms with van der Waals surface area (Å²) in [6, 6.07) is 4.11. The fourth-order valence-electron chi connectivity index (χ4n) is 4.78. The van der Waals surface area contributed by atoms with Crippen LogP contribution in [0.4, 0.5) is 11.5 Å². The number of amides is 1. The number of anilines is 2. The van der Waals surface area contributed by atoms with E-state index in [2.05, 4.69) is 31.2 Å². The van der Waals surface area contributed by atoms with Crippen LogP contribution < -0.4 is 5.32 Å². The maximum atomic E-state index is 13.0. The average molecular weight is 423 g/mol. The summed E-state index contributed by atoms with van der Waals surface area (Å²) in [5.74, 6) is 0.969. The summed E-state index contributed by atoms with van der Waals surface area (Å²) in [5, 5.41) is 3.31. The van der Waals surface area contributed by atoms with Gasteiger partial charge in [-0.25, -0.2) is 4.98 Å². The SMILES string of the molecule is Cc1cc(Nc2cnccn2)cc(C2CCCN2C(=O)CCCN2CCCCCC2)n1. The third-order valence-corrected chi connectivity index (χ3v) is 6.29. The molecular formula is C24H34N6O. The average Bonchev–Trinajstić information content (AvgIpc) is 3.12. The predicted octanol–water partition coefficient (Wildman–Crippen LogP) is 4.24. The number of nitrogens with one attached hydrogen (secondary N) is 1. The van der Waals surface area contributed by atoms with E-state index in [0.29, 0.717) is 12.2 Å². The van der Waals surface area contributed by atoms with Crippen LogP contribution in [0.5, 0.6) is 0 Å². The van der Waals surface area contributed by atoms with E-state index < -0.39 is 0 Å². The number of pyridine rings is 1. The minimum atomic E-state index is 0.0630. The van der Waals surface area contributed by atoms with Gasteiger partial charge in [-0.3, -0.25) is 14.8 Å². The Kier molecular flexibility index (Phi) is 7.46. The van der Waals surface area contributed by atoms with Crippen LogP contribution in [0.1, 0.15) is 68.8 Å². The smallest absolute Gasteiger partial charge is 0.223 e. The molecule has 0 radical (unpaired) electrons. The molecule has 7 heteroatoms. The molecule has 0 bridgehead atoms. The fourth-order valence-corrected chi connectivity index (χ4v) is 4.78. The van der Waals surface area contributed by atoms with E-state index in [1.807, 2.05) is 13.0 Å². The predicted molar refractivity (Wildman–Crippen MR) is 122 cm³/mol. The molecule has 166 valence electrons. The zero-order chi connectivity index (χ0) is 21.5. The topological polar surface area (TPSA) is 74.2 Å². The minimum Gasteiger partial charge on any atom is -0.339 e. The summed E-state index contributed by atoms with van der Waals surface area (Å²) < 4.78 is 0. The van der Waals surface area contributed by atoms with E-state index in [-0.39, 0.29) is 11.9 Å². The Morgan fingerprint density at radius 1 is 1.10 bits per heavy atom. The van der Waals surface area contributed by atoms with Gasteiger partial charge in [-0.2, -0.15) is 0 Å². The first-order valence-electron chi connectivity index (χ1n) is 11.7. The summed E-state index contributed by atoms with van der Waals surface area (Å²) in [6.07, 6.45) is 13.9. The number of rotatable bonds is 7. The lowest BCUT2D eigenvalue weighted by molar-refractivity contribution is -0.132. The standard InChI is InChI=1S/C24H34N6O/c1-19-16-20(28-23-18-25-10-11-26-23)17-21(27-19)22-8-6-15-30(22)24(31)9-7-14-29-12-4-2-3-5-13-29/h10-11,16-18,22H,2-9,12-15H2,1H3,(H,26,27,28). The van der Waals surface area contributed by atoms with Crippen molar-refractivity contribution in [1.29, 1.82) is 0 Å². The molecule has 0 aromatic carbocycles. The number of likely N-dealkylation sites (tertiary alicyclic amines) is 2. The van der Waals surface area contributed by atoms with Crippen molar-refractivity contribution in [3.05, 3.63) is 42.1 Å². The summed E-state index contributed by atoms with van der Waals surface area (Å²) in [5.41, 5.74) is 2.83. The van der Waals surface area contributed by atoms with Crippen molar-refractivity contribution >= 4 is 17.4 Å². The van der Waals surface area contributed by atoms with E-state index in [4.69, 9.17) is 4.98 Å². The van der Waals surface area contributed by atoms with Gasteiger partial charge in [0, 0.05) is 36.7 Å². The molecule has 2 fully saturated rings. The molecule has 0 spiro atoms. The molecule has 2 saturated heterocycles. The van der Waals surface area contributed by atoms with Crippen molar-refractivity contribution in [2.75, 3.05) is 31.5 Å². The highest BCUT2D eigenvalue weighted by Gasteiger charge is 2.31. The lowest BCUT2D eigenvalue weighted by atomic mass is 10.1. The largest absolute Gasteiger partial charge is 0.339 e. The molecule has 1 atom stereocenters. The number of hydrogen-bond donors (Lipinski definition) is 1. The number of aromatic nitrogens is 3. The van der Waals surface area contributed by atoms with Crippen LogP contribution in [0.25, 0.3) is 0 Å². The Hall–Kier alpha value is -2.54. The first-order valence-corrected chi connectivity index (χ1v) is 11.7. The van der Waals surface area contributed by atoms with Crippen LogP contribution in [-0.2, 0) is 4.79 Å². The summed E-state index contributed by atoms with van der Waals surface area (Å²) in [7, 11) is 0. The Balaban J connectivity index is 1.37. The van der Waals surface area contributed by atoms with Crippen molar-refractivity contribution < 1.29 is 4.79 Å². The van der Waals surface area contributed by atoms with E-state index in [1.54, 1.807) is 18.6 Å². The van der Waals surface area contributed by atoms with Crippen molar-refractivity contribution in [3.63, 3.8) is 0 Å². The second kappa shape index (κ2) is 10.7. The molecule has 0 aliphatic carbocycles. The van der Waals surface area contributed by atoms with Gasteiger partial charge in [-0.15, -0.1) is 0 Å². The zero-order valence-electron chi connectivity index (χ0n) is 18.6. The summed E-state index contributed by atoms with van der Waals surface area (Å²) in [6.45, 7) is 6.24. The lowest BCUT2D eigenvalue weighted by Gasteiger charge is -2.26. The molecule has 2 aliphatic heterocycles. The van der Waals surface area contributed by atoms with E-state index in [1.165, 1.54) is 38.8 Å². The van der Waals surface area contributed by atoms with Crippen LogP contribution in [-0.4, -0.2) is 56.8 Å². The number of nitrogens with zero attached hydrogens (tertiary/aromatic N) is 5. The van der Waals surface area contributed by atoms with Gasteiger partial charge in [0.15, 0.2) is 0 Å². The van der Waals surface area contributed by atoms with Crippen molar-refractivity contribution in [2.24, 2.45) is 0 Å². The molecule has 4 heterocycles. The van der Waals surface area contributed by atoms with Gasteiger partial charge in [0.25, 0.3) is 0 Å². The molecule has 1 amide bonds. The van der Waals surface area contributed by atoms with Gasteiger partial charge < -0.3 is 15.1 Å². The Morgan fingerprint density at radius 2 is 1.94 bits per heavy atom. The first-order chi connectivity index (χ1) is 15.2. The quantitative estimate of drug-likeness (QED) is 0.719. The molecular weight excluding hydrogens is 388 g/mol. The van der Waals surface area contributed by atoms with E-state index in [0.717, 1.165) is 49.4 Å². The highest BCUT2D eigenvalue weighted by atomic mass is 16.2. The molecule has 2 aromatic heterocycles. The third kappa shape index (κ3) is 6.00. The Bertz CT molecular complexity index is 850. The normalized spacial score (nSPS) is 19.9. The molecule has 7 nitrogen and oxygen atoms in total. The van der Waals surface area contributed by atoms with E-state index in [9.17, 15) is 4.79 Å². The summed E-state index contributed by atoms with van der Waals surface area (Å²) >= 11 is 0. The van der Waals surface area contributed by atoms with Crippen LogP contribution in [0, 0.1) is 6.92 Å². The first kappa shape index (κ1) is 21.7. The molecule has 4 rings (SSSR count). The van der Waals surface area contributed by atoms with Gasteiger partial charge in [0.2, 0.25) is 5.91 Å². The summed E-state index contributed by atoms with van der Waals surface area (Å²) in [4.78, 5) is 30.8. The molecule has 0 saturated carbocycles. The van der Waals surface area contributed by atoms with Crippen molar-refractivity contribution in [2.45, 2.75) is 64.3 Å². The Morgan fingerprint density at radius 3 is 2.71 bits per heavy atom. The van der Waals surface area contributed by atoms with Gasteiger partial charge >= 0.3 is 0 Å². The lowest BCUT2D eigenvalue weighted by Crippen LogP contribution is -2.32. The molecule has 1 N–H and O–H groups in total.